The molecule has 0 radical (unpaired) electrons. The Labute approximate surface area is 160 Å². The number of hydrogen-bond acceptors (Lipinski definition) is 3. The van der Waals surface area contributed by atoms with Gasteiger partial charge in [-0.3, -0.25) is 4.79 Å². The highest BCUT2D eigenvalue weighted by molar-refractivity contribution is 5.83. The van der Waals surface area contributed by atoms with E-state index < -0.39 is 0 Å². The first-order valence-electron chi connectivity index (χ1n) is 9.39. The number of carbonyl (C=O) groups is 1. The third-order valence-corrected chi connectivity index (χ3v) is 5.22. The fourth-order valence-corrected chi connectivity index (χ4v) is 3.66. The molecule has 0 N–H and O–H groups in total. The summed E-state index contributed by atoms with van der Waals surface area (Å²) in [5.41, 5.74) is 2.05. The monoisotopic (exact) mass is 361 g/mol. The van der Waals surface area contributed by atoms with Gasteiger partial charge in [-0.2, -0.15) is 0 Å². The number of benzene rings is 2. The van der Waals surface area contributed by atoms with Crippen molar-refractivity contribution in [1.82, 2.24) is 4.90 Å². The molecule has 2 aliphatic rings. The third kappa shape index (κ3) is 4.15. The van der Waals surface area contributed by atoms with Crippen LogP contribution in [-0.4, -0.2) is 43.2 Å². The Morgan fingerprint density at radius 2 is 2.07 bits per heavy atom. The lowest BCUT2D eigenvalue weighted by molar-refractivity contribution is -0.141. The van der Waals surface area contributed by atoms with Crippen molar-refractivity contribution in [2.75, 3.05) is 26.3 Å². The van der Waals surface area contributed by atoms with Crippen LogP contribution >= 0.6 is 0 Å². The van der Waals surface area contributed by atoms with Crippen molar-refractivity contribution in [1.29, 1.82) is 0 Å². The maximum absolute atomic E-state index is 12.9. The Morgan fingerprint density at radius 3 is 2.89 bits per heavy atom. The van der Waals surface area contributed by atoms with Gasteiger partial charge < -0.3 is 14.4 Å². The molecule has 1 aliphatic carbocycles. The molecule has 1 amide bonds. The molecule has 0 spiro atoms. The molecule has 1 saturated heterocycles. The van der Waals surface area contributed by atoms with Crippen molar-refractivity contribution in [3.8, 4) is 18.1 Å². The Bertz CT molecular complexity index is 842. The number of rotatable bonds is 5. The molecule has 4 heteroatoms. The summed E-state index contributed by atoms with van der Waals surface area (Å²) in [4.78, 5) is 14.8. The number of terminal acetylenes is 1. The summed E-state index contributed by atoms with van der Waals surface area (Å²) >= 11 is 0. The summed E-state index contributed by atoms with van der Waals surface area (Å²) < 4.78 is 11.6. The van der Waals surface area contributed by atoms with E-state index in [1.807, 2.05) is 47.4 Å². The van der Waals surface area contributed by atoms with Crippen molar-refractivity contribution in [2.24, 2.45) is 5.92 Å². The molecule has 138 valence electrons. The van der Waals surface area contributed by atoms with Crippen molar-refractivity contribution >= 4 is 5.91 Å². The van der Waals surface area contributed by atoms with E-state index in [2.05, 4.69) is 18.1 Å². The largest absolute Gasteiger partial charge is 0.491 e. The first-order valence-corrected chi connectivity index (χ1v) is 9.39. The highest BCUT2D eigenvalue weighted by Gasteiger charge is 2.46. The van der Waals surface area contributed by atoms with Crippen LogP contribution in [0.15, 0.2) is 54.6 Å². The van der Waals surface area contributed by atoms with Crippen molar-refractivity contribution < 1.29 is 14.3 Å². The summed E-state index contributed by atoms with van der Waals surface area (Å²) in [6, 6.07) is 17.7. The lowest BCUT2D eigenvalue weighted by Crippen LogP contribution is -2.48. The Kier molecular flexibility index (Phi) is 5.13. The molecule has 0 aromatic heterocycles. The van der Waals surface area contributed by atoms with Gasteiger partial charge >= 0.3 is 0 Å². The van der Waals surface area contributed by atoms with E-state index >= 15 is 0 Å². The lowest BCUT2D eigenvalue weighted by Gasteiger charge is -2.33. The molecule has 1 aliphatic heterocycles. The standard InChI is InChI=1S/C23H23NO3/c1-2-17-7-6-10-19(13-17)27-16-20-15-24(11-12-26-20)23(25)22-14-21(22)18-8-4-3-5-9-18/h1,3-10,13,20-22H,11-12,14-16H2/t20?,21-,22+/m0/s1. The predicted molar refractivity (Wildman–Crippen MR) is 103 cm³/mol. The summed E-state index contributed by atoms with van der Waals surface area (Å²) in [6.07, 6.45) is 6.25. The smallest absolute Gasteiger partial charge is 0.226 e. The molecule has 2 fully saturated rings. The number of carbonyl (C=O) groups excluding carboxylic acids is 1. The number of nitrogens with zero attached hydrogens (tertiary/aromatic N) is 1. The second kappa shape index (κ2) is 7.85. The van der Waals surface area contributed by atoms with Crippen LogP contribution in [0.5, 0.6) is 5.75 Å². The zero-order chi connectivity index (χ0) is 18.6. The Morgan fingerprint density at radius 1 is 1.22 bits per heavy atom. The van der Waals surface area contributed by atoms with E-state index in [0.717, 1.165) is 17.7 Å². The van der Waals surface area contributed by atoms with Gasteiger partial charge in [-0.1, -0.05) is 42.3 Å². The maximum Gasteiger partial charge on any atom is 0.226 e. The van der Waals surface area contributed by atoms with E-state index in [4.69, 9.17) is 15.9 Å². The average molecular weight is 361 g/mol. The summed E-state index contributed by atoms with van der Waals surface area (Å²) in [7, 11) is 0. The van der Waals surface area contributed by atoms with Gasteiger partial charge in [0.15, 0.2) is 0 Å². The second-order valence-electron chi connectivity index (χ2n) is 7.12. The van der Waals surface area contributed by atoms with Gasteiger partial charge in [0.2, 0.25) is 5.91 Å². The molecule has 1 saturated carbocycles. The van der Waals surface area contributed by atoms with Gasteiger partial charge in [-0.25, -0.2) is 0 Å². The predicted octanol–water partition coefficient (Wildman–Crippen LogP) is 3.08. The van der Waals surface area contributed by atoms with Gasteiger partial charge in [-0.15, -0.1) is 6.42 Å². The van der Waals surface area contributed by atoms with E-state index in [9.17, 15) is 4.79 Å². The average Bonchev–Trinajstić information content (AvgIpc) is 3.54. The molecule has 1 heterocycles. The van der Waals surface area contributed by atoms with Gasteiger partial charge in [0.05, 0.1) is 13.2 Å². The van der Waals surface area contributed by atoms with Crippen LogP contribution in [-0.2, 0) is 9.53 Å². The number of amides is 1. The first kappa shape index (κ1) is 17.6. The normalized spacial score (nSPS) is 24.1. The van der Waals surface area contributed by atoms with Crippen LogP contribution in [0.3, 0.4) is 0 Å². The SMILES string of the molecule is C#Cc1cccc(OCC2CN(C(=O)[C@@H]3C[C@H]3c3ccccc3)CCO2)c1. The number of ether oxygens (including phenoxy) is 2. The molecule has 27 heavy (non-hydrogen) atoms. The minimum absolute atomic E-state index is 0.111. The summed E-state index contributed by atoms with van der Waals surface area (Å²) in [5, 5.41) is 0. The van der Waals surface area contributed by atoms with Gasteiger partial charge in [-0.05, 0) is 36.1 Å². The van der Waals surface area contributed by atoms with E-state index in [0.29, 0.717) is 32.2 Å². The van der Waals surface area contributed by atoms with Crippen LogP contribution in [0.2, 0.25) is 0 Å². The zero-order valence-corrected chi connectivity index (χ0v) is 15.2. The van der Waals surface area contributed by atoms with Gasteiger partial charge in [0.25, 0.3) is 0 Å². The molecule has 0 bridgehead atoms. The van der Waals surface area contributed by atoms with Crippen LogP contribution in [0.4, 0.5) is 0 Å². The summed E-state index contributed by atoms with van der Waals surface area (Å²) in [5.74, 6) is 4.04. The van der Waals surface area contributed by atoms with Gasteiger partial charge in [0.1, 0.15) is 18.5 Å². The fraction of sp³-hybridized carbons (Fsp3) is 0.348. The maximum atomic E-state index is 12.9. The van der Waals surface area contributed by atoms with Crippen molar-refractivity contribution in [3.63, 3.8) is 0 Å². The van der Waals surface area contributed by atoms with Crippen molar-refractivity contribution in [2.45, 2.75) is 18.4 Å². The zero-order valence-electron chi connectivity index (χ0n) is 15.2. The highest BCUT2D eigenvalue weighted by Crippen LogP contribution is 2.48. The molecule has 3 atom stereocenters. The molecule has 2 aromatic carbocycles. The van der Waals surface area contributed by atoms with E-state index in [1.165, 1.54) is 5.56 Å². The molecular weight excluding hydrogens is 338 g/mol. The first-order chi connectivity index (χ1) is 13.2. The molecular formula is C23H23NO3. The highest BCUT2D eigenvalue weighted by atomic mass is 16.5. The molecule has 4 nitrogen and oxygen atoms in total. The third-order valence-electron chi connectivity index (χ3n) is 5.22. The molecule has 1 unspecified atom stereocenters. The van der Waals surface area contributed by atoms with Crippen LogP contribution in [0, 0.1) is 18.3 Å². The van der Waals surface area contributed by atoms with Crippen LogP contribution in [0.1, 0.15) is 23.5 Å². The number of morpholine rings is 1. The minimum atomic E-state index is -0.119. The molecule has 4 rings (SSSR count). The quantitative estimate of drug-likeness (QED) is 0.769. The summed E-state index contributed by atoms with van der Waals surface area (Å²) in [6.45, 7) is 2.18. The van der Waals surface area contributed by atoms with Crippen molar-refractivity contribution in [3.05, 3.63) is 65.7 Å². The van der Waals surface area contributed by atoms with E-state index in [-0.39, 0.29) is 17.9 Å². The van der Waals surface area contributed by atoms with Crippen LogP contribution in [0.25, 0.3) is 0 Å². The second-order valence-corrected chi connectivity index (χ2v) is 7.12. The van der Waals surface area contributed by atoms with E-state index in [1.54, 1.807) is 0 Å². The fourth-order valence-electron chi connectivity index (χ4n) is 3.66. The minimum Gasteiger partial charge on any atom is -0.491 e. The lowest BCUT2D eigenvalue weighted by atomic mass is 10.1. The van der Waals surface area contributed by atoms with Crippen LogP contribution < -0.4 is 4.74 Å². The Hall–Kier alpha value is -2.77. The number of hydrogen-bond donors (Lipinski definition) is 0. The molecule has 2 aromatic rings. The topological polar surface area (TPSA) is 38.8 Å². The van der Waals surface area contributed by atoms with Gasteiger partial charge in [0, 0.05) is 18.0 Å². The Balaban J connectivity index is 1.30.